The smallest absolute Gasteiger partial charge is 0.134 e. The van der Waals surface area contributed by atoms with E-state index in [4.69, 9.17) is 9.84 Å². The second kappa shape index (κ2) is 5.02. The van der Waals surface area contributed by atoms with Gasteiger partial charge in [-0.05, 0) is 6.07 Å². The summed E-state index contributed by atoms with van der Waals surface area (Å²) < 4.78 is 31.3. The van der Waals surface area contributed by atoms with Crippen LogP contribution in [0.1, 0.15) is 11.1 Å². The van der Waals surface area contributed by atoms with Crippen LogP contribution in [0.5, 0.6) is 0 Å². The van der Waals surface area contributed by atoms with Crippen LogP contribution in [0.3, 0.4) is 0 Å². The summed E-state index contributed by atoms with van der Waals surface area (Å²) in [5, 5.41) is 8.62. The van der Waals surface area contributed by atoms with Crippen LogP contribution in [-0.2, 0) is 17.8 Å². The SMILES string of the molecule is COCc1ccc(F)c(CCO)c1F. The molecule has 0 saturated heterocycles. The van der Waals surface area contributed by atoms with Crippen molar-refractivity contribution in [2.75, 3.05) is 13.7 Å². The number of benzene rings is 1. The fourth-order valence-corrected chi connectivity index (χ4v) is 1.25. The van der Waals surface area contributed by atoms with Crippen LogP contribution in [0.15, 0.2) is 12.1 Å². The lowest BCUT2D eigenvalue weighted by molar-refractivity contribution is 0.181. The molecule has 0 spiro atoms. The summed E-state index contributed by atoms with van der Waals surface area (Å²) >= 11 is 0. The van der Waals surface area contributed by atoms with E-state index in [0.717, 1.165) is 0 Å². The molecule has 0 atom stereocenters. The topological polar surface area (TPSA) is 29.5 Å². The maximum Gasteiger partial charge on any atom is 0.134 e. The van der Waals surface area contributed by atoms with Crippen LogP contribution >= 0.6 is 0 Å². The van der Waals surface area contributed by atoms with Crippen molar-refractivity contribution in [1.82, 2.24) is 0 Å². The van der Waals surface area contributed by atoms with Crippen molar-refractivity contribution in [3.63, 3.8) is 0 Å². The number of methoxy groups -OCH3 is 1. The molecule has 1 aromatic rings. The molecule has 4 heteroatoms. The van der Waals surface area contributed by atoms with E-state index in [1.54, 1.807) is 0 Å². The van der Waals surface area contributed by atoms with Gasteiger partial charge in [-0.25, -0.2) is 8.78 Å². The molecule has 1 aromatic carbocycles. The maximum atomic E-state index is 13.5. The van der Waals surface area contributed by atoms with Gasteiger partial charge in [-0.3, -0.25) is 0 Å². The van der Waals surface area contributed by atoms with Crippen LogP contribution < -0.4 is 0 Å². The van der Waals surface area contributed by atoms with E-state index in [1.807, 2.05) is 0 Å². The molecule has 1 rings (SSSR count). The third-order valence-corrected chi connectivity index (χ3v) is 1.93. The van der Waals surface area contributed by atoms with E-state index < -0.39 is 11.6 Å². The molecule has 0 unspecified atom stereocenters. The van der Waals surface area contributed by atoms with E-state index in [-0.39, 0.29) is 25.2 Å². The minimum absolute atomic E-state index is 0.0186. The first-order valence-electron chi connectivity index (χ1n) is 4.26. The number of hydrogen-bond acceptors (Lipinski definition) is 2. The number of hydrogen-bond donors (Lipinski definition) is 1. The summed E-state index contributed by atoms with van der Waals surface area (Å²) in [4.78, 5) is 0. The lowest BCUT2D eigenvalue weighted by Gasteiger charge is -2.07. The van der Waals surface area contributed by atoms with Gasteiger partial charge in [-0.1, -0.05) is 6.07 Å². The molecule has 78 valence electrons. The Labute approximate surface area is 81.1 Å². The van der Waals surface area contributed by atoms with Crippen LogP contribution in [0.2, 0.25) is 0 Å². The molecule has 0 radical (unpaired) electrons. The molecule has 0 aliphatic heterocycles. The molecule has 0 fully saturated rings. The van der Waals surface area contributed by atoms with Gasteiger partial charge in [-0.2, -0.15) is 0 Å². The number of ether oxygens (including phenoxy) is 1. The lowest BCUT2D eigenvalue weighted by atomic mass is 10.1. The van der Waals surface area contributed by atoms with Gasteiger partial charge in [0.1, 0.15) is 11.6 Å². The van der Waals surface area contributed by atoms with Crippen LogP contribution in [0, 0.1) is 11.6 Å². The first-order chi connectivity index (χ1) is 6.70. The Kier molecular flexibility index (Phi) is 3.98. The van der Waals surface area contributed by atoms with E-state index in [1.165, 1.54) is 19.2 Å². The van der Waals surface area contributed by atoms with Gasteiger partial charge in [-0.15, -0.1) is 0 Å². The first-order valence-corrected chi connectivity index (χ1v) is 4.26. The van der Waals surface area contributed by atoms with Gasteiger partial charge in [0.05, 0.1) is 6.61 Å². The number of rotatable bonds is 4. The van der Waals surface area contributed by atoms with Crippen molar-refractivity contribution in [3.05, 3.63) is 34.9 Å². The average Bonchev–Trinajstić information content (AvgIpc) is 2.17. The van der Waals surface area contributed by atoms with E-state index in [2.05, 4.69) is 0 Å². The number of halogens is 2. The van der Waals surface area contributed by atoms with Gasteiger partial charge in [0, 0.05) is 31.3 Å². The van der Waals surface area contributed by atoms with Gasteiger partial charge in [0.15, 0.2) is 0 Å². The predicted molar refractivity (Wildman–Crippen MR) is 47.9 cm³/mol. The lowest BCUT2D eigenvalue weighted by Crippen LogP contribution is -2.03. The highest BCUT2D eigenvalue weighted by atomic mass is 19.1. The Balaban J connectivity index is 3.05. The van der Waals surface area contributed by atoms with Gasteiger partial charge in [0.25, 0.3) is 0 Å². The summed E-state index contributed by atoms with van der Waals surface area (Å²) in [6.45, 7) is -0.172. The Morgan fingerprint density at radius 2 is 2.07 bits per heavy atom. The normalized spacial score (nSPS) is 10.6. The van der Waals surface area contributed by atoms with E-state index in [9.17, 15) is 8.78 Å². The van der Waals surface area contributed by atoms with E-state index in [0.29, 0.717) is 5.56 Å². The van der Waals surface area contributed by atoms with Gasteiger partial charge < -0.3 is 9.84 Å². The third kappa shape index (κ3) is 2.27. The predicted octanol–water partition coefficient (Wildman–Crippen LogP) is 1.65. The Hall–Kier alpha value is -1.00. The summed E-state index contributed by atoms with van der Waals surface area (Å²) in [5.41, 5.74) is 0.222. The molecule has 0 aliphatic carbocycles. The molecule has 2 nitrogen and oxygen atoms in total. The first kappa shape index (κ1) is 11.1. The molecule has 1 N–H and O–H groups in total. The molecular weight excluding hydrogens is 190 g/mol. The second-order valence-corrected chi connectivity index (χ2v) is 2.91. The molecule has 14 heavy (non-hydrogen) atoms. The quantitative estimate of drug-likeness (QED) is 0.804. The molecular formula is C10H12F2O2. The van der Waals surface area contributed by atoms with Crippen LogP contribution in [0.25, 0.3) is 0 Å². The summed E-state index contributed by atoms with van der Waals surface area (Å²) in [6, 6.07) is 2.53. The molecule has 0 aliphatic rings. The van der Waals surface area contributed by atoms with Crippen LogP contribution in [-0.4, -0.2) is 18.8 Å². The number of aliphatic hydroxyl groups is 1. The Bertz CT molecular complexity index is 313. The van der Waals surface area contributed by atoms with Crippen molar-refractivity contribution in [3.8, 4) is 0 Å². The molecule has 0 amide bonds. The van der Waals surface area contributed by atoms with Crippen molar-refractivity contribution in [1.29, 1.82) is 0 Å². The third-order valence-electron chi connectivity index (χ3n) is 1.93. The van der Waals surface area contributed by atoms with Crippen molar-refractivity contribution in [2.24, 2.45) is 0 Å². The molecule has 0 aromatic heterocycles. The molecule has 0 bridgehead atoms. The summed E-state index contributed by atoms with van der Waals surface area (Å²) in [7, 11) is 1.44. The minimum Gasteiger partial charge on any atom is -0.396 e. The molecule has 0 saturated carbocycles. The van der Waals surface area contributed by atoms with Crippen molar-refractivity contribution in [2.45, 2.75) is 13.0 Å². The van der Waals surface area contributed by atoms with Gasteiger partial charge in [0.2, 0.25) is 0 Å². The standard InChI is InChI=1S/C10H12F2O2/c1-14-6-7-2-3-9(11)8(4-5-13)10(7)12/h2-3,13H,4-6H2,1H3. The van der Waals surface area contributed by atoms with Gasteiger partial charge >= 0.3 is 0 Å². The highest BCUT2D eigenvalue weighted by Crippen LogP contribution is 2.17. The molecule has 0 heterocycles. The highest BCUT2D eigenvalue weighted by Gasteiger charge is 2.12. The highest BCUT2D eigenvalue weighted by molar-refractivity contribution is 5.27. The zero-order valence-corrected chi connectivity index (χ0v) is 7.89. The largest absolute Gasteiger partial charge is 0.396 e. The number of aliphatic hydroxyl groups excluding tert-OH is 1. The summed E-state index contributed by atoms with van der Waals surface area (Å²) in [5.74, 6) is -1.25. The zero-order chi connectivity index (χ0) is 10.6. The average molecular weight is 202 g/mol. The Morgan fingerprint density at radius 1 is 1.36 bits per heavy atom. The maximum absolute atomic E-state index is 13.5. The van der Waals surface area contributed by atoms with E-state index >= 15 is 0 Å². The fourth-order valence-electron chi connectivity index (χ4n) is 1.25. The van der Waals surface area contributed by atoms with Crippen LogP contribution in [0.4, 0.5) is 8.78 Å². The Morgan fingerprint density at radius 3 is 2.64 bits per heavy atom. The fraction of sp³-hybridized carbons (Fsp3) is 0.400. The second-order valence-electron chi connectivity index (χ2n) is 2.91. The van der Waals surface area contributed by atoms with Crippen molar-refractivity contribution < 1.29 is 18.6 Å². The monoisotopic (exact) mass is 202 g/mol. The minimum atomic E-state index is -0.628. The summed E-state index contributed by atoms with van der Waals surface area (Å²) in [6.07, 6.45) is -0.0186. The van der Waals surface area contributed by atoms with Crippen molar-refractivity contribution >= 4 is 0 Å². The zero-order valence-electron chi connectivity index (χ0n) is 7.89.